The zero-order chi connectivity index (χ0) is 15.5. The summed E-state index contributed by atoms with van der Waals surface area (Å²) in [5.74, 6) is -0.955. The number of allylic oxidation sites excluding steroid dienone is 1. The first-order valence-electron chi connectivity index (χ1n) is 7.49. The van der Waals surface area contributed by atoms with Crippen LogP contribution in [0.25, 0.3) is 5.70 Å². The van der Waals surface area contributed by atoms with Gasteiger partial charge in [-0.05, 0) is 6.42 Å². The van der Waals surface area contributed by atoms with Crippen LogP contribution in [0.4, 0.5) is 0 Å². The Kier molecular flexibility index (Phi) is 4.22. The van der Waals surface area contributed by atoms with Crippen LogP contribution in [0.1, 0.15) is 29.3 Å². The maximum atomic E-state index is 12.2. The summed E-state index contributed by atoms with van der Waals surface area (Å²) in [6, 6.07) is 7.14. The van der Waals surface area contributed by atoms with Gasteiger partial charge < -0.3 is 15.4 Å². The van der Waals surface area contributed by atoms with Gasteiger partial charge in [-0.3, -0.25) is 14.9 Å². The Labute approximate surface area is 128 Å². The number of carbonyl (C=O) groups excluding carboxylic acids is 2. The van der Waals surface area contributed by atoms with Gasteiger partial charge in [0.1, 0.15) is 5.70 Å². The van der Waals surface area contributed by atoms with E-state index in [2.05, 4.69) is 22.9 Å². The van der Waals surface area contributed by atoms with Crippen LogP contribution in [-0.2, 0) is 9.53 Å². The standard InChI is InChI=1S/C16H19N3O3/c1-2-8-22-9-7-17-16-18-12-10-5-3-4-6-11(10)14(20)15(21)13(12)19-16/h3-6,16-19H,2,7-9H2,1H3. The molecule has 0 saturated heterocycles. The van der Waals surface area contributed by atoms with Crippen LogP contribution in [0.3, 0.4) is 0 Å². The molecule has 0 fully saturated rings. The third kappa shape index (κ3) is 2.63. The first-order chi connectivity index (χ1) is 10.7. The van der Waals surface area contributed by atoms with E-state index in [1.807, 2.05) is 12.1 Å². The third-order valence-corrected chi connectivity index (χ3v) is 3.64. The largest absolute Gasteiger partial charge is 0.380 e. The fraction of sp³-hybridized carbons (Fsp3) is 0.375. The average molecular weight is 301 g/mol. The van der Waals surface area contributed by atoms with Gasteiger partial charge in [0.2, 0.25) is 5.78 Å². The summed E-state index contributed by atoms with van der Waals surface area (Å²) >= 11 is 0. The first kappa shape index (κ1) is 14.7. The van der Waals surface area contributed by atoms with Gasteiger partial charge in [0.05, 0.1) is 12.3 Å². The molecule has 0 amide bonds. The molecule has 6 heteroatoms. The van der Waals surface area contributed by atoms with Crippen molar-refractivity contribution in [2.75, 3.05) is 19.8 Å². The predicted octanol–water partition coefficient (Wildman–Crippen LogP) is 0.613. The highest BCUT2D eigenvalue weighted by atomic mass is 16.5. The molecule has 6 nitrogen and oxygen atoms in total. The number of rotatable bonds is 6. The van der Waals surface area contributed by atoms with Gasteiger partial charge in [0.15, 0.2) is 6.29 Å². The molecule has 1 unspecified atom stereocenters. The normalized spacial score (nSPS) is 19.6. The zero-order valence-corrected chi connectivity index (χ0v) is 12.4. The van der Waals surface area contributed by atoms with Gasteiger partial charge in [-0.2, -0.15) is 0 Å². The summed E-state index contributed by atoms with van der Waals surface area (Å²) < 4.78 is 5.40. The zero-order valence-electron chi connectivity index (χ0n) is 12.4. The van der Waals surface area contributed by atoms with Gasteiger partial charge in [-0.1, -0.05) is 31.2 Å². The number of carbonyl (C=O) groups is 2. The van der Waals surface area contributed by atoms with Crippen molar-refractivity contribution in [3.8, 4) is 0 Å². The van der Waals surface area contributed by atoms with Crippen molar-refractivity contribution >= 4 is 17.3 Å². The summed E-state index contributed by atoms with van der Waals surface area (Å²) in [5, 5.41) is 9.47. The number of hydrogen-bond acceptors (Lipinski definition) is 6. The van der Waals surface area contributed by atoms with Gasteiger partial charge >= 0.3 is 0 Å². The second-order valence-corrected chi connectivity index (χ2v) is 5.24. The summed E-state index contributed by atoms with van der Waals surface area (Å²) in [6.07, 6.45) is 0.710. The van der Waals surface area contributed by atoms with E-state index in [4.69, 9.17) is 4.74 Å². The molecule has 0 saturated carbocycles. The van der Waals surface area contributed by atoms with Crippen LogP contribution >= 0.6 is 0 Å². The average Bonchev–Trinajstić information content (AvgIpc) is 2.97. The topological polar surface area (TPSA) is 79.5 Å². The van der Waals surface area contributed by atoms with E-state index >= 15 is 0 Å². The Hall–Kier alpha value is -2.18. The maximum Gasteiger partial charge on any atom is 0.251 e. The van der Waals surface area contributed by atoms with E-state index < -0.39 is 11.6 Å². The van der Waals surface area contributed by atoms with Crippen molar-refractivity contribution in [2.45, 2.75) is 19.6 Å². The molecular weight excluding hydrogens is 282 g/mol. The lowest BCUT2D eigenvalue weighted by Crippen LogP contribution is -2.47. The van der Waals surface area contributed by atoms with E-state index in [0.29, 0.717) is 30.1 Å². The number of hydrogen-bond donors (Lipinski definition) is 3. The lowest BCUT2D eigenvalue weighted by atomic mass is 9.91. The Morgan fingerprint density at radius 2 is 1.77 bits per heavy atom. The van der Waals surface area contributed by atoms with Crippen LogP contribution in [-0.4, -0.2) is 37.6 Å². The lowest BCUT2D eigenvalue weighted by Gasteiger charge is -2.16. The predicted molar refractivity (Wildman–Crippen MR) is 81.9 cm³/mol. The van der Waals surface area contributed by atoms with E-state index in [1.165, 1.54) is 0 Å². The van der Waals surface area contributed by atoms with Crippen LogP contribution in [0.2, 0.25) is 0 Å². The fourth-order valence-electron chi connectivity index (χ4n) is 2.62. The summed E-state index contributed by atoms with van der Waals surface area (Å²) in [7, 11) is 0. The quantitative estimate of drug-likeness (QED) is 0.528. The molecule has 0 spiro atoms. The minimum absolute atomic E-state index is 0.280. The van der Waals surface area contributed by atoms with Gasteiger partial charge in [-0.15, -0.1) is 0 Å². The third-order valence-electron chi connectivity index (χ3n) is 3.64. The van der Waals surface area contributed by atoms with E-state index in [-0.39, 0.29) is 6.29 Å². The molecule has 1 aromatic carbocycles. The molecule has 116 valence electrons. The monoisotopic (exact) mass is 301 g/mol. The minimum atomic E-state index is -0.493. The number of benzene rings is 1. The van der Waals surface area contributed by atoms with Gasteiger partial charge in [0, 0.05) is 24.3 Å². The molecular formula is C16H19N3O3. The van der Waals surface area contributed by atoms with Gasteiger partial charge in [-0.25, -0.2) is 0 Å². The molecule has 1 atom stereocenters. The Morgan fingerprint density at radius 1 is 1.05 bits per heavy atom. The number of ether oxygens (including phenoxy) is 1. The Morgan fingerprint density at radius 3 is 2.55 bits per heavy atom. The van der Waals surface area contributed by atoms with Crippen molar-refractivity contribution in [1.82, 2.24) is 16.0 Å². The second kappa shape index (κ2) is 6.29. The SMILES string of the molecule is CCCOCCNC1NC2=C(N1)c1ccccc1C(=O)C2=O. The van der Waals surface area contributed by atoms with Crippen LogP contribution in [0, 0.1) is 0 Å². The van der Waals surface area contributed by atoms with Crippen LogP contribution in [0.15, 0.2) is 30.0 Å². The second-order valence-electron chi connectivity index (χ2n) is 5.24. The van der Waals surface area contributed by atoms with Crippen molar-refractivity contribution < 1.29 is 14.3 Å². The molecule has 1 aliphatic carbocycles. The summed E-state index contributed by atoms with van der Waals surface area (Å²) in [5.41, 5.74) is 2.25. The molecule has 1 aliphatic heterocycles. The summed E-state index contributed by atoms with van der Waals surface area (Å²) in [4.78, 5) is 24.3. The fourth-order valence-corrected chi connectivity index (χ4v) is 2.62. The van der Waals surface area contributed by atoms with Crippen LogP contribution < -0.4 is 16.0 Å². The maximum absolute atomic E-state index is 12.2. The molecule has 22 heavy (non-hydrogen) atoms. The molecule has 1 aromatic rings. The number of ketones is 2. The number of Topliss-reactive ketones (excluding diaryl/α,β-unsaturated/α-hetero) is 2. The molecule has 3 N–H and O–H groups in total. The molecule has 2 aliphatic rings. The Balaban J connectivity index is 1.68. The molecule has 3 rings (SSSR count). The van der Waals surface area contributed by atoms with Crippen molar-refractivity contribution in [1.29, 1.82) is 0 Å². The lowest BCUT2D eigenvalue weighted by molar-refractivity contribution is -0.112. The van der Waals surface area contributed by atoms with E-state index in [0.717, 1.165) is 18.6 Å². The first-order valence-corrected chi connectivity index (χ1v) is 7.49. The highest BCUT2D eigenvalue weighted by Crippen LogP contribution is 2.29. The van der Waals surface area contributed by atoms with E-state index in [1.54, 1.807) is 12.1 Å². The molecule has 0 bridgehead atoms. The highest BCUT2D eigenvalue weighted by molar-refractivity contribution is 6.52. The highest BCUT2D eigenvalue weighted by Gasteiger charge is 2.37. The number of fused-ring (bicyclic) bond motifs is 2. The van der Waals surface area contributed by atoms with E-state index in [9.17, 15) is 9.59 Å². The van der Waals surface area contributed by atoms with Gasteiger partial charge in [0.25, 0.3) is 5.78 Å². The molecule has 0 radical (unpaired) electrons. The van der Waals surface area contributed by atoms with Crippen molar-refractivity contribution in [3.05, 3.63) is 41.1 Å². The molecule has 1 heterocycles. The molecule has 0 aromatic heterocycles. The number of nitrogens with one attached hydrogen (secondary N) is 3. The van der Waals surface area contributed by atoms with Crippen molar-refractivity contribution in [2.24, 2.45) is 0 Å². The minimum Gasteiger partial charge on any atom is -0.380 e. The van der Waals surface area contributed by atoms with Crippen molar-refractivity contribution in [3.63, 3.8) is 0 Å². The Bertz CT molecular complexity index is 639. The smallest absolute Gasteiger partial charge is 0.251 e. The van der Waals surface area contributed by atoms with Crippen LogP contribution in [0.5, 0.6) is 0 Å². The summed E-state index contributed by atoms with van der Waals surface area (Å²) in [6.45, 7) is 4.05.